The third-order valence-electron chi connectivity index (χ3n) is 4.12. The molecule has 1 aliphatic heterocycles. The molecule has 0 aromatic carbocycles. The Bertz CT molecular complexity index is 730. The van der Waals surface area contributed by atoms with Crippen LogP contribution in [-0.4, -0.2) is 50.3 Å². The maximum absolute atomic E-state index is 12.2. The molecule has 6 nitrogen and oxygen atoms in total. The van der Waals surface area contributed by atoms with Crippen LogP contribution in [0.25, 0.3) is 5.65 Å². The second-order valence-electron chi connectivity index (χ2n) is 7.07. The van der Waals surface area contributed by atoms with Gasteiger partial charge < -0.3 is 14.0 Å². The van der Waals surface area contributed by atoms with Crippen LogP contribution in [0.2, 0.25) is 0 Å². The Morgan fingerprint density at radius 1 is 1.33 bits per heavy atom. The van der Waals surface area contributed by atoms with E-state index in [1.54, 1.807) is 22.9 Å². The molecule has 0 atom stereocenters. The lowest BCUT2D eigenvalue weighted by Gasteiger charge is -2.32. The number of likely N-dealkylation sites (tertiary alicyclic amines) is 1. The fourth-order valence-electron chi connectivity index (χ4n) is 2.94. The number of hydrogen-bond donors (Lipinski definition) is 0. The highest BCUT2D eigenvalue weighted by molar-refractivity contribution is 7.98. The van der Waals surface area contributed by atoms with Gasteiger partial charge in [-0.25, -0.2) is 14.8 Å². The smallest absolute Gasteiger partial charge is 0.410 e. The van der Waals surface area contributed by atoms with Crippen molar-refractivity contribution >= 4 is 23.5 Å². The molecule has 130 valence electrons. The third kappa shape index (κ3) is 3.66. The number of thioether (sulfide) groups is 1. The van der Waals surface area contributed by atoms with Crippen LogP contribution in [0.1, 0.15) is 45.2 Å². The number of carbonyl (C=O) groups is 1. The van der Waals surface area contributed by atoms with Crippen molar-refractivity contribution in [1.82, 2.24) is 19.3 Å². The number of rotatable bonds is 2. The molecule has 24 heavy (non-hydrogen) atoms. The Balaban J connectivity index is 1.68. The van der Waals surface area contributed by atoms with E-state index in [0.29, 0.717) is 19.0 Å². The predicted octanol–water partition coefficient (Wildman–Crippen LogP) is 3.57. The van der Waals surface area contributed by atoms with Gasteiger partial charge in [-0.15, -0.1) is 11.8 Å². The van der Waals surface area contributed by atoms with Gasteiger partial charge in [0.2, 0.25) is 0 Å². The Kier molecular flexibility index (Phi) is 4.71. The van der Waals surface area contributed by atoms with E-state index in [-0.39, 0.29) is 6.09 Å². The van der Waals surface area contributed by atoms with Crippen molar-refractivity contribution in [2.24, 2.45) is 0 Å². The van der Waals surface area contributed by atoms with E-state index in [2.05, 4.69) is 11.2 Å². The van der Waals surface area contributed by atoms with Crippen molar-refractivity contribution in [2.45, 2.75) is 50.2 Å². The zero-order valence-corrected chi connectivity index (χ0v) is 15.5. The van der Waals surface area contributed by atoms with E-state index >= 15 is 0 Å². The molecule has 1 saturated heterocycles. The van der Waals surface area contributed by atoms with Gasteiger partial charge in [-0.1, -0.05) is 0 Å². The summed E-state index contributed by atoms with van der Waals surface area (Å²) < 4.78 is 7.49. The van der Waals surface area contributed by atoms with Gasteiger partial charge in [0, 0.05) is 37.6 Å². The van der Waals surface area contributed by atoms with Crippen molar-refractivity contribution in [2.75, 3.05) is 19.3 Å². The van der Waals surface area contributed by atoms with E-state index in [9.17, 15) is 4.79 Å². The average Bonchev–Trinajstić information content (AvgIpc) is 2.97. The molecule has 2 aromatic rings. The molecule has 0 radical (unpaired) electrons. The standard InChI is InChI=1S/C17H24N4O2S/c1-17(2,3)23-16(22)20-8-5-12(6-9-20)13-11-21-10-7-18-15(24-4)14(21)19-13/h7,10-12H,5-6,8-9H2,1-4H3. The highest BCUT2D eigenvalue weighted by atomic mass is 32.2. The first kappa shape index (κ1) is 17.1. The van der Waals surface area contributed by atoms with Crippen molar-refractivity contribution < 1.29 is 9.53 Å². The van der Waals surface area contributed by atoms with Crippen molar-refractivity contribution in [3.05, 3.63) is 24.3 Å². The van der Waals surface area contributed by atoms with Gasteiger partial charge in [0.25, 0.3) is 0 Å². The molecule has 0 aliphatic carbocycles. The molecule has 1 fully saturated rings. The number of hydrogen-bond acceptors (Lipinski definition) is 5. The third-order valence-corrected chi connectivity index (χ3v) is 4.79. The van der Waals surface area contributed by atoms with E-state index in [1.807, 2.05) is 37.6 Å². The number of fused-ring (bicyclic) bond motifs is 1. The summed E-state index contributed by atoms with van der Waals surface area (Å²) in [4.78, 5) is 23.1. The first-order valence-electron chi connectivity index (χ1n) is 8.23. The van der Waals surface area contributed by atoms with Gasteiger partial charge in [0.1, 0.15) is 10.6 Å². The molecule has 0 saturated carbocycles. The van der Waals surface area contributed by atoms with Crippen LogP contribution < -0.4 is 0 Å². The molecule has 3 heterocycles. The molecule has 0 unspecified atom stereocenters. The first-order valence-corrected chi connectivity index (χ1v) is 9.45. The van der Waals surface area contributed by atoms with Gasteiger partial charge in [0.05, 0.1) is 5.69 Å². The molecule has 2 aromatic heterocycles. The van der Waals surface area contributed by atoms with Crippen molar-refractivity contribution in [1.29, 1.82) is 0 Å². The van der Waals surface area contributed by atoms with E-state index in [4.69, 9.17) is 9.72 Å². The van der Waals surface area contributed by atoms with Crippen molar-refractivity contribution in [3.63, 3.8) is 0 Å². The summed E-state index contributed by atoms with van der Waals surface area (Å²) in [5.41, 5.74) is 1.55. The minimum absolute atomic E-state index is 0.218. The number of imidazole rings is 1. The first-order chi connectivity index (χ1) is 11.4. The number of aromatic nitrogens is 3. The van der Waals surface area contributed by atoms with Gasteiger partial charge >= 0.3 is 6.09 Å². The lowest BCUT2D eigenvalue weighted by atomic mass is 9.94. The molecule has 0 bridgehead atoms. The van der Waals surface area contributed by atoms with E-state index in [0.717, 1.165) is 29.2 Å². The van der Waals surface area contributed by atoms with Crippen LogP contribution in [0.15, 0.2) is 23.6 Å². The highest BCUT2D eigenvalue weighted by Gasteiger charge is 2.28. The average molecular weight is 348 g/mol. The Hall–Kier alpha value is -1.76. The summed E-state index contributed by atoms with van der Waals surface area (Å²) >= 11 is 1.60. The van der Waals surface area contributed by atoms with Crippen molar-refractivity contribution in [3.8, 4) is 0 Å². The Labute approximate surface area is 146 Å². The van der Waals surface area contributed by atoms with Gasteiger partial charge in [-0.05, 0) is 39.9 Å². The van der Waals surface area contributed by atoms with Crippen LogP contribution in [0.5, 0.6) is 0 Å². The summed E-state index contributed by atoms with van der Waals surface area (Å²) in [6.07, 6.45) is 9.43. The SMILES string of the molecule is CSc1nccn2cc(C3CCN(C(=O)OC(C)(C)C)CC3)nc12. The topological polar surface area (TPSA) is 59.7 Å². The second kappa shape index (κ2) is 6.63. The van der Waals surface area contributed by atoms with E-state index < -0.39 is 5.60 Å². The van der Waals surface area contributed by atoms with Crippen LogP contribution in [-0.2, 0) is 4.74 Å². The second-order valence-corrected chi connectivity index (χ2v) is 7.87. The lowest BCUT2D eigenvalue weighted by molar-refractivity contribution is 0.0204. The number of ether oxygens (including phenoxy) is 1. The largest absolute Gasteiger partial charge is 0.444 e. The quantitative estimate of drug-likeness (QED) is 0.777. The van der Waals surface area contributed by atoms with Gasteiger partial charge in [-0.3, -0.25) is 0 Å². The summed E-state index contributed by atoms with van der Waals surface area (Å²) in [5.74, 6) is 0.373. The summed E-state index contributed by atoms with van der Waals surface area (Å²) in [7, 11) is 0. The Morgan fingerprint density at radius 3 is 2.67 bits per heavy atom. The molecular formula is C17H24N4O2S. The van der Waals surface area contributed by atoms with Crippen LogP contribution >= 0.6 is 11.8 Å². The fourth-order valence-corrected chi connectivity index (χ4v) is 3.44. The van der Waals surface area contributed by atoms with Crippen LogP contribution in [0.4, 0.5) is 4.79 Å². The fraction of sp³-hybridized carbons (Fsp3) is 0.588. The summed E-state index contributed by atoms with van der Waals surface area (Å²) in [6, 6.07) is 0. The minimum atomic E-state index is -0.448. The highest BCUT2D eigenvalue weighted by Crippen LogP contribution is 2.29. The molecule has 0 N–H and O–H groups in total. The zero-order chi connectivity index (χ0) is 17.3. The number of nitrogens with zero attached hydrogens (tertiary/aromatic N) is 4. The maximum atomic E-state index is 12.2. The monoisotopic (exact) mass is 348 g/mol. The molecule has 0 spiro atoms. The van der Waals surface area contributed by atoms with Gasteiger partial charge in [0.15, 0.2) is 5.65 Å². The summed E-state index contributed by atoms with van der Waals surface area (Å²) in [6.45, 7) is 7.10. The lowest BCUT2D eigenvalue weighted by Crippen LogP contribution is -2.41. The van der Waals surface area contributed by atoms with Crippen LogP contribution in [0.3, 0.4) is 0 Å². The van der Waals surface area contributed by atoms with Gasteiger partial charge in [-0.2, -0.15) is 0 Å². The number of carbonyl (C=O) groups excluding carboxylic acids is 1. The molecule has 7 heteroatoms. The molecular weight excluding hydrogens is 324 g/mol. The maximum Gasteiger partial charge on any atom is 0.410 e. The molecule has 3 rings (SSSR count). The van der Waals surface area contributed by atoms with Crippen LogP contribution in [0, 0.1) is 0 Å². The van der Waals surface area contributed by atoms with E-state index in [1.165, 1.54) is 0 Å². The minimum Gasteiger partial charge on any atom is -0.444 e. The number of amides is 1. The molecule has 1 aliphatic rings. The predicted molar refractivity (Wildman–Crippen MR) is 94.6 cm³/mol. The number of piperidine rings is 1. The Morgan fingerprint density at radius 2 is 2.04 bits per heavy atom. The summed E-state index contributed by atoms with van der Waals surface area (Å²) in [5, 5.41) is 0.940. The zero-order valence-electron chi connectivity index (χ0n) is 14.7. The molecule has 1 amide bonds. The normalized spacial score (nSPS) is 16.6.